The molecule has 0 spiro atoms. The molecule has 2 heterocycles. The number of aromatic nitrogens is 1. The van der Waals surface area contributed by atoms with Crippen LogP contribution in [-0.2, 0) is 25.7 Å². The largest absolute Gasteiger partial charge is 0.242 e. The van der Waals surface area contributed by atoms with Crippen molar-refractivity contribution < 1.29 is 0 Å². The number of hydrogen-bond donors (Lipinski definition) is 0. The third kappa shape index (κ3) is 2.93. The highest BCUT2D eigenvalue weighted by Gasteiger charge is 2.28. The van der Waals surface area contributed by atoms with Gasteiger partial charge in [0.05, 0.1) is 0 Å². The Morgan fingerprint density at radius 2 is 1.55 bits per heavy atom. The van der Waals surface area contributed by atoms with Gasteiger partial charge in [-0.3, -0.25) is 0 Å². The SMILES string of the molecule is c1ccc(-c2c3c(nc4sc5c(c24)CCCC5)CC[C@H](c2ccccc2)C3)cc1. The van der Waals surface area contributed by atoms with Crippen LogP contribution in [0, 0.1) is 0 Å². The molecule has 1 nitrogen and oxygen atoms in total. The Balaban J connectivity index is 1.60. The summed E-state index contributed by atoms with van der Waals surface area (Å²) in [6.07, 6.45) is 8.51. The van der Waals surface area contributed by atoms with Gasteiger partial charge in [-0.1, -0.05) is 60.7 Å². The molecule has 2 aliphatic carbocycles. The van der Waals surface area contributed by atoms with Crippen LogP contribution in [0.1, 0.15) is 52.4 Å². The minimum Gasteiger partial charge on any atom is -0.242 e. The average molecular weight is 396 g/mol. The van der Waals surface area contributed by atoms with Crippen LogP contribution in [-0.4, -0.2) is 4.98 Å². The zero-order valence-corrected chi connectivity index (χ0v) is 17.5. The van der Waals surface area contributed by atoms with E-state index >= 15 is 0 Å². The van der Waals surface area contributed by atoms with Crippen molar-refractivity contribution in [3.63, 3.8) is 0 Å². The molecule has 0 aliphatic heterocycles. The summed E-state index contributed by atoms with van der Waals surface area (Å²) in [6.45, 7) is 0. The van der Waals surface area contributed by atoms with Gasteiger partial charge in [-0.2, -0.15) is 0 Å². The van der Waals surface area contributed by atoms with Crippen LogP contribution in [0.4, 0.5) is 0 Å². The number of fused-ring (bicyclic) bond motifs is 4. The van der Waals surface area contributed by atoms with Gasteiger partial charge in [0.15, 0.2) is 0 Å². The summed E-state index contributed by atoms with van der Waals surface area (Å²) >= 11 is 1.97. The van der Waals surface area contributed by atoms with Gasteiger partial charge in [0.2, 0.25) is 0 Å². The van der Waals surface area contributed by atoms with Crippen molar-refractivity contribution >= 4 is 21.6 Å². The van der Waals surface area contributed by atoms with Crippen LogP contribution < -0.4 is 0 Å². The summed E-state index contributed by atoms with van der Waals surface area (Å²) in [5.74, 6) is 0.597. The van der Waals surface area contributed by atoms with E-state index in [1.54, 1.807) is 10.4 Å². The fraction of sp³-hybridized carbons (Fsp3) is 0.296. The number of hydrogen-bond acceptors (Lipinski definition) is 2. The van der Waals surface area contributed by atoms with E-state index in [0.717, 1.165) is 12.8 Å². The van der Waals surface area contributed by atoms with Crippen molar-refractivity contribution in [3.8, 4) is 11.1 Å². The first-order chi connectivity index (χ1) is 14.4. The predicted molar refractivity (Wildman–Crippen MR) is 123 cm³/mol. The minimum atomic E-state index is 0.597. The molecule has 0 unspecified atom stereocenters. The molecule has 2 heteroatoms. The highest BCUT2D eigenvalue weighted by atomic mass is 32.1. The molecule has 0 amide bonds. The molecule has 4 aromatic rings. The molecule has 144 valence electrons. The summed E-state index contributed by atoms with van der Waals surface area (Å²) in [4.78, 5) is 8.13. The van der Waals surface area contributed by atoms with Gasteiger partial charge in [-0.05, 0) is 78.7 Å². The summed E-state index contributed by atoms with van der Waals surface area (Å²) in [5.41, 5.74) is 8.80. The molecule has 0 N–H and O–H groups in total. The lowest BCUT2D eigenvalue weighted by Crippen LogP contribution is -2.15. The molecule has 0 saturated heterocycles. The molecule has 0 radical (unpaired) electrons. The fourth-order valence-corrected chi connectivity index (χ4v) is 6.68. The molecule has 0 fully saturated rings. The van der Waals surface area contributed by atoms with Gasteiger partial charge in [-0.15, -0.1) is 11.3 Å². The van der Waals surface area contributed by atoms with Crippen molar-refractivity contribution in [1.29, 1.82) is 0 Å². The topological polar surface area (TPSA) is 12.9 Å². The Morgan fingerprint density at radius 3 is 2.38 bits per heavy atom. The maximum atomic E-state index is 5.25. The van der Waals surface area contributed by atoms with E-state index in [9.17, 15) is 0 Å². The van der Waals surface area contributed by atoms with Crippen LogP contribution >= 0.6 is 11.3 Å². The number of nitrogens with zero attached hydrogens (tertiary/aromatic N) is 1. The minimum absolute atomic E-state index is 0.597. The Kier molecular flexibility index (Phi) is 4.27. The molecular weight excluding hydrogens is 370 g/mol. The van der Waals surface area contributed by atoms with Crippen molar-refractivity contribution in [3.05, 3.63) is 87.9 Å². The van der Waals surface area contributed by atoms with Crippen molar-refractivity contribution in [2.75, 3.05) is 0 Å². The molecule has 0 saturated carbocycles. The lowest BCUT2D eigenvalue weighted by Gasteiger charge is -2.27. The van der Waals surface area contributed by atoms with E-state index in [1.165, 1.54) is 70.3 Å². The molecule has 1 atom stereocenters. The number of thiophene rings is 1. The highest BCUT2D eigenvalue weighted by Crippen LogP contribution is 2.46. The molecule has 2 aromatic carbocycles. The summed E-state index contributed by atoms with van der Waals surface area (Å²) in [6, 6.07) is 22.2. The van der Waals surface area contributed by atoms with Crippen molar-refractivity contribution in [1.82, 2.24) is 4.98 Å². The molecule has 0 bridgehead atoms. The predicted octanol–water partition coefficient (Wildman–Crippen LogP) is 7.11. The quantitative estimate of drug-likeness (QED) is 0.352. The van der Waals surface area contributed by atoms with E-state index < -0.39 is 0 Å². The van der Waals surface area contributed by atoms with E-state index in [2.05, 4.69) is 60.7 Å². The normalized spacial score (nSPS) is 18.4. The molecule has 29 heavy (non-hydrogen) atoms. The maximum absolute atomic E-state index is 5.25. The van der Waals surface area contributed by atoms with Crippen molar-refractivity contribution in [2.45, 2.75) is 50.9 Å². The molecule has 6 rings (SSSR count). The monoisotopic (exact) mass is 395 g/mol. The molecule has 2 aliphatic rings. The third-order valence-corrected chi connectivity index (χ3v) is 7.99. The fourth-order valence-electron chi connectivity index (χ4n) is 5.39. The molecule has 2 aromatic heterocycles. The number of pyridine rings is 1. The standard InChI is InChI=1S/C27H25NS/c1-3-9-18(10-4-1)20-15-16-23-22(17-20)25(19-11-5-2-6-12-19)26-21-13-7-8-14-24(21)29-27(26)28-23/h1-6,9-12,20H,7-8,13-17H2/t20-/m0/s1. The van der Waals surface area contributed by atoms with Gasteiger partial charge < -0.3 is 0 Å². The summed E-state index contributed by atoms with van der Waals surface area (Å²) in [7, 11) is 0. The van der Waals surface area contributed by atoms with Crippen LogP contribution in [0.2, 0.25) is 0 Å². The van der Waals surface area contributed by atoms with Gasteiger partial charge in [0.1, 0.15) is 4.83 Å². The van der Waals surface area contributed by atoms with Gasteiger partial charge in [0, 0.05) is 16.0 Å². The Labute approximate surface area is 176 Å². The zero-order valence-electron chi connectivity index (χ0n) is 16.7. The first-order valence-electron chi connectivity index (χ1n) is 10.9. The summed E-state index contributed by atoms with van der Waals surface area (Å²) < 4.78 is 0. The van der Waals surface area contributed by atoms with E-state index in [-0.39, 0.29) is 0 Å². The number of rotatable bonds is 2. The van der Waals surface area contributed by atoms with Crippen LogP contribution in [0.15, 0.2) is 60.7 Å². The van der Waals surface area contributed by atoms with Crippen molar-refractivity contribution in [2.24, 2.45) is 0 Å². The number of benzene rings is 2. The van der Waals surface area contributed by atoms with E-state index in [4.69, 9.17) is 4.98 Å². The smallest absolute Gasteiger partial charge is 0.124 e. The van der Waals surface area contributed by atoms with Gasteiger partial charge in [0.25, 0.3) is 0 Å². The average Bonchev–Trinajstić information content (AvgIpc) is 3.16. The Morgan fingerprint density at radius 1 is 0.793 bits per heavy atom. The van der Waals surface area contributed by atoms with Gasteiger partial charge in [-0.25, -0.2) is 4.98 Å². The Hall–Kier alpha value is -2.45. The second-order valence-corrected chi connectivity index (χ2v) is 9.60. The highest BCUT2D eigenvalue weighted by molar-refractivity contribution is 7.19. The van der Waals surface area contributed by atoms with E-state index in [1.807, 2.05) is 11.3 Å². The first-order valence-corrected chi connectivity index (χ1v) is 11.8. The number of aryl methyl sites for hydroxylation is 3. The lowest BCUT2D eigenvalue weighted by atomic mass is 9.78. The first kappa shape index (κ1) is 17.4. The second kappa shape index (κ2) is 7.11. The summed E-state index contributed by atoms with van der Waals surface area (Å²) in [5, 5.41) is 1.48. The van der Waals surface area contributed by atoms with Crippen LogP contribution in [0.25, 0.3) is 21.3 Å². The lowest BCUT2D eigenvalue weighted by molar-refractivity contribution is 0.577. The van der Waals surface area contributed by atoms with Gasteiger partial charge >= 0.3 is 0 Å². The van der Waals surface area contributed by atoms with Crippen LogP contribution in [0.3, 0.4) is 0 Å². The third-order valence-electron chi connectivity index (χ3n) is 6.80. The maximum Gasteiger partial charge on any atom is 0.124 e. The second-order valence-electron chi connectivity index (χ2n) is 8.52. The van der Waals surface area contributed by atoms with E-state index in [0.29, 0.717) is 5.92 Å². The zero-order chi connectivity index (χ0) is 19.2. The Bertz CT molecular complexity index is 1170. The molecular formula is C27H25NS. The van der Waals surface area contributed by atoms with Crippen LogP contribution in [0.5, 0.6) is 0 Å².